The third-order valence-corrected chi connectivity index (χ3v) is 5.02. The Morgan fingerprint density at radius 3 is 2.70 bits per heavy atom. The summed E-state index contributed by atoms with van der Waals surface area (Å²) in [5, 5.41) is 6.49. The predicted molar refractivity (Wildman–Crippen MR) is 124 cm³/mol. The molecule has 2 N–H and O–H groups in total. The molecule has 33 heavy (non-hydrogen) atoms. The average Bonchev–Trinajstić information content (AvgIpc) is 2.86. The number of carbonyl (C=O) groups excluding carboxylic acids is 2. The monoisotopic (exact) mass is 454 g/mol. The fourth-order valence-corrected chi connectivity index (χ4v) is 3.25. The van der Waals surface area contributed by atoms with Gasteiger partial charge in [0.05, 0.1) is 26.5 Å². The van der Waals surface area contributed by atoms with Crippen molar-refractivity contribution in [2.24, 2.45) is 5.10 Å². The summed E-state index contributed by atoms with van der Waals surface area (Å²) in [6, 6.07) is 14.9. The number of nitrogens with one attached hydrogen (secondary N) is 2. The van der Waals surface area contributed by atoms with Gasteiger partial charge in [0.2, 0.25) is 0 Å². The van der Waals surface area contributed by atoms with Crippen LogP contribution in [0.3, 0.4) is 0 Å². The summed E-state index contributed by atoms with van der Waals surface area (Å²) in [7, 11) is 1.61. The van der Waals surface area contributed by atoms with Crippen molar-refractivity contribution in [2.75, 3.05) is 46.5 Å². The number of nitrogens with zero attached hydrogens (tertiary/aromatic N) is 2. The van der Waals surface area contributed by atoms with Gasteiger partial charge in [-0.15, -0.1) is 0 Å². The van der Waals surface area contributed by atoms with E-state index in [1.54, 1.807) is 7.11 Å². The normalized spacial score (nSPS) is 14.1. The number of hydrogen-bond acceptors (Lipinski definition) is 7. The third kappa shape index (κ3) is 8.55. The van der Waals surface area contributed by atoms with E-state index in [-0.39, 0.29) is 0 Å². The minimum atomic E-state index is -0.796. The van der Waals surface area contributed by atoms with E-state index < -0.39 is 11.8 Å². The molecule has 1 aliphatic heterocycles. The molecule has 2 amide bonds. The summed E-state index contributed by atoms with van der Waals surface area (Å²) in [5.74, 6) is -0.0633. The molecule has 0 bridgehead atoms. The van der Waals surface area contributed by atoms with Crippen LogP contribution in [0.2, 0.25) is 0 Å². The Kier molecular flexibility index (Phi) is 9.68. The van der Waals surface area contributed by atoms with E-state index in [0.717, 1.165) is 56.1 Å². The fraction of sp³-hybridized carbons (Fsp3) is 0.375. The van der Waals surface area contributed by atoms with E-state index in [9.17, 15) is 9.59 Å². The zero-order valence-corrected chi connectivity index (χ0v) is 18.8. The molecular weight excluding hydrogens is 424 g/mol. The molecule has 0 unspecified atom stereocenters. The number of amides is 2. The molecular formula is C24H30N4O5. The van der Waals surface area contributed by atoms with Crippen LogP contribution in [0.15, 0.2) is 53.6 Å². The first-order valence-electron chi connectivity index (χ1n) is 10.9. The van der Waals surface area contributed by atoms with Crippen LogP contribution in [-0.2, 0) is 20.9 Å². The van der Waals surface area contributed by atoms with E-state index in [2.05, 4.69) is 20.7 Å². The first kappa shape index (κ1) is 24.2. The molecule has 0 saturated carbocycles. The lowest BCUT2D eigenvalue weighted by molar-refractivity contribution is -0.139. The lowest BCUT2D eigenvalue weighted by atomic mass is 10.1. The number of methoxy groups -OCH3 is 1. The first-order chi connectivity index (χ1) is 16.1. The van der Waals surface area contributed by atoms with E-state index in [1.165, 1.54) is 6.21 Å². The molecule has 0 aliphatic carbocycles. The van der Waals surface area contributed by atoms with Crippen LogP contribution in [0.1, 0.15) is 17.5 Å². The van der Waals surface area contributed by atoms with Crippen LogP contribution >= 0.6 is 0 Å². The summed E-state index contributed by atoms with van der Waals surface area (Å²) >= 11 is 0. The van der Waals surface area contributed by atoms with Gasteiger partial charge in [-0.25, -0.2) is 5.43 Å². The van der Waals surface area contributed by atoms with Crippen LogP contribution in [0.4, 0.5) is 0 Å². The highest BCUT2D eigenvalue weighted by molar-refractivity contribution is 6.35. The summed E-state index contributed by atoms with van der Waals surface area (Å²) in [5.41, 5.74) is 3.97. The summed E-state index contributed by atoms with van der Waals surface area (Å²) in [4.78, 5) is 26.1. The number of benzene rings is 2. The molecule has 0 atom stereocenters. The number of hydrazone groups is 1. The molecule has 9 nitrogen and oxygen atoms in total. The van der Waals surface area contributed by atoms with Crippen LogP contribution in [0.25, 0.3) is 0 Å². The SMILES string of the molecule is COc1cccc(OCc2cccc(/C=N/NC(=O)C(=O)NCCCN3CCOCC3)c2)c1. The topological polar surface area (TPSA) is 101 Å². The molecule has 176 valence electrons. The third-order valence-electron chi connectivity index (χ3n) is 5.02. The summed E-state index contributed by atoms with van der Waals surface area (Å²) in [6.07, 6.45) is 2.26. The second-order valence-electron chi connectivity index (χ2n) is 7.48. The number of rotatable bonds is 10. The van der Waals surface area contributed by atoms with Gasteiger partial charge in [-0.2, -0.15) is 5.10 Å². The van der Waals surface area contributed by atoms with Crippen molar-refractivity contribution in [3.05, 3.63) is 59.7 Å². The smallest absolute Gasteiger partial charge is 0.329 e. The first-order valence-corrected chi connectivity index (χ1v) is 10.9. The Labute approximate surface area is 193 Å². The van der Waals surface area contributed by atoms with Crippen LogP contribution in [0.5, 0.6) is 11.5 Å². The van der Waals surface area contributed by atoms with Gasteiger partial charge in [-0.05, 0) is 42.3 Å². The zero-order valence-electron chi connectivity index (χ0n) is 18.8. The van der Waals surface area contributed by atoms with Crippen molar-refractivity contribution >= 4 is 18.0 Å². The Morgan fingerprint density at radius 2 is 1.88 bits per heavy atom. The summed E-state index contributed by atoms with van der Waals surface area (Å²) < 4.78 is 16.3. The summed E-state index contributed by atoms with van der Waals surface area (Å²) in [6.45, 7) is 4.95. The number of morpholine rings is 1. The van der Waals surface area contributed by atoms with Gasteiger partial charge in [-0.3, -0.25) is 14.5 Å². The highest BCUT2D eigenvalue weighted by Crippen LogP contribution is 2.20. The van der Waals surface area contributed by atoms with Gasteiger partial charge in [0, 0.05) is 25.7 Å². The lowest BCUT2D eigenvalue weighted by Crippen LogP contribution is -2.40. The molecule has 0 spiro atoms. The fourth-order valence-electron chi connectivity index (χ4n) is 3.25. The van der Waals surface area contributed by atoms with Crippen LogP contribution < -0.4 is 20.2 Å². The lowest BCUT2D eigenvalue weighted by Gasteiger charge is -2.26. The Balaban J connectivity index is 1.38. The van der Waals surface area contributed by atoms with Gasteiger partial charge in [-0.1, -0.05) is 24.3 Å². The molecule has 1 saturated heterocycles. The van der Waals surface area contributed by atoms with Gasteiger partial charge in [0.25, 0.3) is 0 Å². The second kappa shape index (κ2) is 13.2. The van der Waals surface area contributed by atoms with Crippen molar-refractivity contribution < 1.29 is 23.8 Å². The molecule has 9 heteroatoms. The van der Waals surface area contributed by atoms with Crippen LogP contribution in [-0.4, -0.2) is 69.4 Å². The molecule has 2 aromatic carbocycles. The van der Waals surface area contributed by atoms with Crippen molar-refractivity contribution in [3.8, 4) is 11.5 Å². The van der Waals surface area contributed by atoms with Gasteiger partial charge in [0.15, 0.2) is 0 Å². The Morgan fingerprint density at radius 1 is 1.09 bits per heavy atom. The minimum absolute atomic E-state index is 0.369. The standard InChI is InChI=1S/C24H30N4O5/c1-31-21-7-3-8-22(16-21)33-18-20-6-2-5-19(15-20)17-26-27-24(30)23(29)25-9-4-10-28-11-13-32-14-12-28/h2-3,5-8,15-17H,4,9-14,18H2,1H3,(H,25,29)(H,27,30)/b26-17+. The van der Waals surface area contributed by atoms with E-state index >= 15 is 0 Å². The number of ether oxygens (including phenoxy) is 3. The highest BCUT2D eigenvalue weighted by atomic mass is 16.5. The minimum Gasteiger partial charge on any atom is -0.497 e. The average molecular weight is 455 g/mol. The zero-order chi connectivity index (χ0) is 23.3. The number of hydrogen-bond donors (Lipinski definition) is 2. The molecule has 2 aromatic rings. The van der Waals surface area contributed by atoms with E-state index in [4.69, 9.17) is 14.2 Å². The van der Waals surface area contributed by atoms with E-state index in [1.807, 2.05) is 48.5 Å². The van der Waals surface area contributed by atoms with Crippen molar-refractivity contribution in [3.63, 3.8) is 0 Å². The maximum atomic E-state index is 11.9. The van der Waals surface area contributed by atoms with Gasteiger partial charge in [0.1, 0.15) is 18.1 Å². The molecule has 1 fully saturated rings. The van der Waals surface area contributed by atoms with Crippen molar-refractivity contribution in [2.45, 2.75) is 13.0 Å². The highest BCUT2D eigenvalue weighted by Gasteiger charge is 2.13. The number of carbonyl (C=O) groups is 2. The largest absolute Gasteiger partial charge is 0.497 e. The van der Waals surface area contributed by atoms with Gasteiger partial charge >= 0.3 is 11.8 Å². The molecule has 1 heterocycles. The maximum Gasteiger partial charge on any atom is 0.329 e. The Bertz CT molecular complexity index is 944. The molecule has 1 aliphatic rings. The maximum absolute atomic E-state index is 11.9. The predicted octanol–water partition coefficient (Wildman–Crippen LogP) is 1.56. The Hall–Kier alpha value is -3.43. The van der Waals surface area contributed by atoms with Crippen molar-refractivity contribution in [1.29, 1.82) is 0 Å². The molecule has 0 radical (unpaired) electrons. The van der Waals surface area contributed by atoms with Crippen molar-refractivity contribution in [1.82, 2.24) is 15.6 Å². The quantitative estimate of drug-likeness (QED) is 0.245. The second-order valence-corrected chi connectivity index (χ2v) is 7.48. The van der Waals surface area contributed by atoms with E-state index in [0.29, 0.717) is 18.9 Å². The molecule has 0 aromatic heterocycles. The van der Waals surface area contributed by atoms with Gasteiger partial charge < -0.3 is 19.5 Å². The molecule has 3 rings (SSSR count). The van der Waals surface area contributed by atoms with Crippen LogP contribution in [0, 0.1) is 0 Å².